The van der Waals surface area contributed by atoms with Crippen LogP contribution >= 0.6 is 11.3 Å². The molecule has 1 heterocycles. The molecule has 1 aromatic heterocycles. The molecule has 0 amide bonds. The van der Waals surface area contributed by atoms with E-state index in [4.69, 9.17) is 0 Å². The standard InChI is InChI=1S/C9H10OS/c10-7-9(2-3-9)5-8-1-4-11-6-8/h1,4,6-7H,2-3,5H2. The van der Waals surface area contributed by atoms with Gasteiger partial charge in [-0.1, -0.05) is 0 Å². The summed E-state index contributed by atoms with van der Waals surface area (Å²) in [6.07, 6.45) is 4.27. The van der Waals surface area contributed by atoms with Crippen molar-refractivity contribution in [2.75, 3.05) is 0 Å². The van der Waals surface area contributed by atoms with E-state index in [0.717, 1.165) is 25.5 Å². The number of aldehydes is 1. The van der Waals surface area contributed by atoms with Crippen molar-refractivity contribution < 1.29 is 4.79 Å². The lowest BCUT2D eigenvalue weighted by atomic mass is 10.0. The smallest absolute Gasteiger partial charge is 0.126 e. The molecule has 0 aromatic carbocycles. The fraction of sp³-hybridized carbons (Fsp3) is 0.444. The molecule has 1 aromatic rings. The van der Waals surface area contributed by atoms with Crippen molar-refractivity contribution in [2.45, 2.75) is 19.3 Å². The van der Waals surface area contributed by atoms with Gasteiger partial charge in [0, 0.05) is 5.41 Å². The third kappa shape index (κ3) is 1.36. The molecule has 1 aliphatic carbocycles. The van der Waals surface area contributed by atoms with Gasteiger partial charge in [0.05, 0.1) is 0 Å². The van der Waals surface area contributed by atoms with E-state index >= 15 is 0 Å². The number of carbonyl (C=O) groups excluding carboxylic acids is 1. The molecule has 58 valence electrons. The molecule has 1 aliphatic rings. The predicted octanol–water partition coefficient (Wildman–Crippen LogP) is 2.27. The maximum Gasteiger partial charge on any atom is 0.126 e. The van der Waals surface area contributed by atoms with Crippen LogP contribution in [0.5, 0.6) is 0 Å². The molecular formula is C9H10OS. The van der Waals surface area contributed by atoms with Gasteiger partial charge in [0.25, 0.3) is 0 Å². The Hall–Kier alpha value is -0.630. The summed E-state index contributed by atoms with van der Waals surface area (Å²) >= 11 is 1.70. The van der Waals surface area contributed by atoms with Crippen LogP contribution in [0.3, 0.4) is 0 Å². The second-order valence-corrected chi connectivity index (χ2v) is 4.07. The van der Waals surface area contributed by atoms with Crippen LogP contribution in [0.1, 0.15) is 18.4 Å². The summed E-state index contributed by atoms with van der Waals surface area (Å²) in [5.41, 5.74) is 1.36. The molecule has 1 fully saturated rings. The topological polar surface area (TPSA) is 17.1 Å². The van der Waals surface area contributed by atoms with Crippen LogP contribution in [0.2, 0.25) is 0 Å². The van der Waals surface area contributed by atoms with Crippen molar-refractivity contribution in [1.82, 2.24) is 0 Å². The average molecular weight is 166 g/mol. The minimum absolute atomic E-state index is 0.0427. The fourth-order valence-corrected chi connectivity index (χ4v) is 1.97. The van der Waals surface area contributed by atoms with Gasteiger partial charge in [-0.25, -0.2) is 0 Å². The minimum atomic E-state index is 0.0427. The van der Waals surface area contributed by atoms with Crippen LogP contribution < -0.4 is 0 Å². The number of hydrogen-bond acceptors (Lipinski definition) is 2. The van der Waals surface area contributed by atoms with Gasteiger partial charge >= 0.3 is 0 Å². The molecule has 0 bridgehead atoms. The van der Waals surface area contributed by atoms with Gasteiger partial charge in [-0.15, -0.1) is 0 Å². The summed E-state index contributed by atoms with van der Waals surface area (Å²) in [7, 11) is 0. The fourth-order valence-electron chi connectivity index (χ4n) is 1.30. The lowest BCUT2D eigenvalue weighted by molar-refractivity contribution is -0.112. The Balaban J connectivity index is 2.06. The summed E-state index contributed by atoms with van der Waals surface area (Å²) in [5, 5.41) is 4.19. The molecule has 2 rings (SSSR count). The molecule has 0 unspecified atom stereocenters. The summed E-state index contributed by atoms with van der Waals surface area (Å²) in [5.74, 6) is 0. The Morgan fingerprint density at radius 2 is 2.45 bits per heavy atom. The molecule has 2 heteroatoms. The Bertz CT molecular complexity index is 247. The molecule has 0 radical (unpaired) electrons. The Labute approximate surface area is 70.1 Å². The maximum atomic E-state index is 10.6. The zero-order chi connectivity index (χ0) is 7.73. The summed E-state index contributed by atoms with van der Waals surface area (Å²) in [4.78, 5) is 10.6. The van der Waals surface area contributed by atoms with Crippen LogP contribution in [0, 0.1) is 5.41 Å². The van der Waals surface area contributed by atoms with E-state index in [1.807, 2.05) is 0 Å². The van der Waals surface area contributed by atoms with Crippen molar-refractivity contribution >= 4 is 17.6 Å². The minimum Gasteiger partial charge on any atom is -0.303 e. The number of thiophene rings is 1. The van der Waals surface area contributed by atoms with Crippen molar-refractivity contribution in [3.63, 3.8) is 0 Å². The van der Waals surface area contributed by atoms with Crippen LogP contribution in [0.15, 0.2) is 16.8 Å². The van der Waals surface area contributed by atoms with Gasteiger partial charge in [0.1, 0.15) is 6.29 Å². The van der Waals surface area contributed by atoms with E-state index in [9.17, 15) is 4.79 Å². The molecule has 0 aliphatic heterocycles. The quantitative estimate of drug-likeness (QED) is 0.629. The SMILES string of the molecule is O=CC1(Cc2ccsc2)CC1. The average Bonchev–Trinajstić information content (AvgIpc) is 2.59. The van der Waals surface area contributed by atoms with Crippen LogP contribution in [0.25, 0.3) is 0 Å². The highest BCUT2D eigenvalue weighted by atomic mass is 32.1. The molecule has 11 heavy (non-hydrogen) atoms. The third-order valence-corrected chi connectivity index (χ3v) is 3.01. The van der Waals surface area contributed by atoms with E-state index in [1.54, 1.807) is 11.3 Å². The highest BCUT2D eigenvalue weighted by Gasteiger charge is 2.42. The van der Waals surface area contributed by atoms with Crippen molar-refractivity contribution in [3.05, 3.63) is 22.4 Å². The molecular weight excluding hydrogens is 156 g/mol. The molecule has 0 atom stereocenters. The van der Waals surface area contributed by atoms with Gasteiger partial charge in [-0.2, -0.15) is 11.3 Å². The Morgan fingerprint density at radius 1 is 1.64 bits per heavy atom. The number of carbonyl (C=O) groups is 1. The molecule has 0 saturated heterocycles. The molecule has 0 spiro atoms. The Kier molecular flexibility index (Phi) is 1.57. The first kappa shape index (κ1) is 7.04. The van der Waals surface area contributed by atoms with Crippen LogP contribution in [0.4, 0.5) is 0 Å². The number of hydrogen-bond donors (Lipinski definition) is 0. The van der Waals surface area contributed by atoms with E-state index < -0.39 is 0 Å². The summed E-state index contributed by atoms with van der Waals surface area (Å²) in [6.45, 7) is 0. The third-order valence-electron chi connectivity index (χ3n) is 2.28. The van der Waals surface area contributed by atoms with Crippen molar-refractivity contribution in [2.24, 2.45) is 5.41 Å². The van der Waals surface area contributed by atoms with E-state index in [-0.39, 0.29) is 5.41 Å². The lowest BCUT2D eigenvalue weighted by Gasteiger charge is -2.02. The summed E-state index contributed by atoms with van der Waals surface area (Å²) in [6, 6.07) is 2.11. The highest BCUT2D eigenvalue weighted by molar-refractivity contribution is 7.07. The maximum absolute atomic E-state index is 10.6. The van der Waals surface area contributed by atoms with Gasteiger partial charge in [0.2, 0.25) is 0 Å². The summed E-state index contributed by atoms with van der Waals surface area (Å²) < 4.78 is 0. The lowest BCUT2D eigenvalue weighted by Crippen LogP contribution is -2.04. The monoisotopic (exact) mass is 166 g/mol. The van der Waals surface area contributed by atoms with E-state index in [1.165, 1.54) is 5.56 Å². The molecule has 0 N–H and O–H groups in total. The van der Waals surface area contributed by atoms with Gasteiger partial charge < -0.3 is 4.79 Å². The second kappa shape index (κ2) is 2.45. The largest absolute Gasteiger partial charge is 0.303 e. The van der Waals surface area contributed by atoms with Crippen molar-refractivity contribution in [3.8, 4) is 0 Å². The first-order valence-electron chi connectivity index (χ1n) is 3.82. The second-order valence-electron chi connectivity index (χ2n) is 3.29. The van der Waals surface area contributed by atoms with Crippen molar-refractivity contribution in [1.29, 1.82) is 0 Å². The predicted molar refractivity (Wildman–Crippen MR) is 45.8 cm³/mol. The van der Waals surface area contributed by atoms with Crippen LogP contribution in [-0.4, -0.2) is 6.29 Å². The first-order chi connectivity index (χ1) is 5.35. The molecule has 1 saturated carbocycles. The van der Waals surface area contributed by atoms with Gasteiger partial charge in [0.15, 0.2) is 0 Å². The van der Waals surface area contributed by atoms with Gasteiger partial charge in [-0.05, 0) is 41.7 Å². The van der Waals surface area contributed by atoms with Gasteiger partial charge in [-0.3, -0.25) is 0 Å². The molecule has 1 nitrogen and oxygen atoms in total. The highest BCUT2D eigenvalue weighted by Crippen LogP contribution is 2.46. The zero-order valence-electron chi connectivity index (χ0n) is 6.25. The number of rotatable bonds is 3. The van der Waals surface area contributed by atoms with E-state index in [2.05, 4.69) is 16.8 Å². The normalized spacial score (nSPS) is 19.6. The van der Waals surface area contributed by atoms with Crippen LogP contribution in [-0.2, 0) is 11.2 Å². The van der Waals surface area contributed by atoms with E-state index in [0.29, 0.717) is 0 Å². The Morgan fingerprint density at radius 3 is 2.91 bits per heavy atom. The first-order valence-corrected chi connectivity index (χ1v) is 4.76. The zero-order valence-corrected chi connectivity index (χ0v) is 7.06.